The first-order valence-electron chi connectivity index (χ1n) is 8.37. The van der Waals surface area contributed by atoms with Crippen LogP contribution in [0.5, 0.6) is 0 Å². The molecule has 1 aromatic carbocycles. The fourth-order valence-corrected chi connectivity index (χ4v) is 4.25. The number of aliphatic carboxylic acids is 1. The standard InChI is InChI=1S/C17H23NO5S/c19-17(20)16(14-7-9-23-10-8-14)11-18-24(21,22)15-5-3-13(4-6-15)12-1-2-12/h3-6,12,14,16,18H,1-2,7-11H2,(H,19,20). The minimum atomic E-state index is -3.69. The molecule has 2 aliphatic rings. The van der Waals surface area contributed by atoms with E-state index in [0.717, 1.165) is 12.8 Å². The van der Waals surface area contributed by atoms with Gasteiger partial charge in [0.15, 0.2) is 0 Å². The molecule has 0 spiro atoms. The molecule has 1 aliphatic heterocycles. The van der Waals surface area contributed by atoms with Crippen molar-refractivity contribution in [2.75, 3.05) is 19.8 Å². The summed E-state index contributed by atoms with van der Waals surface area (Å²) in [7, 11) is -3.69. The summed E-state index contributed by atoms with van der Waals surface area (Å²) < 4.78 is 32.5. The highest BCUT2D eigenvalue weighted by molar-refractivity contribution is 7.89. The molecule has 24 heavy (non-hydrogen) atoms. The van der Waals surface area contributed by atoms with Crippen LogP contribution in [0.2, 0.25) is 0 Å². The van der Waals surface area contributed by atoms with E-state index in [0.29, 0.717) is 32.0 Å². The number of ether oxygens (including phenoxy) is 1. The van der Waals surface area contributed by atoms with Crippen LogP contribution in [0.15, 0.2) is 29.2 Å². The number of nitrogens with one attached hydrogen (secondary N) is 1. The van der Waals surface area contributed by atoms with Crippen LogP contribution in [0.3, 0.4) is 0 Å². The van der Waals surface area contributed by atoms with E-state index in [-0.39, 0.29) is 17.4 Å². The van der Waals surface area contributed by atoms with Crippen molar-refractivity contribution in [3.8, 4) is 0 Å². The van der Waals surface area contributed by atoms with Gasteiger partial charge in [-0.25, -0.2) is 13.1 Å². The van der Waals surface area contributed by atoms with Crippen LogP contribution >= 0.6 is 0 Å². The number of benzene rings is 1. The Labute approximate surface area is 142 Å². The Bertz CT molecular complexity index is 675. The summed E-state index contributed by atoms with van der Waals surface area (Å²) in [6.45, 7) is 0.973. The van der Waals surface area contributed by atoms with Crippen molar-refractivity contribution in [3.05, 3.63) is 29.8 Å². The van der Waals surface area contributed by atoms with Crippen molar-refractivity contribution in [2.45, 2.75) is 36.5 Å². The summed E-state index contributed by atoms with van der Waals surface area (Å²) >= 11 is 0. The quantitative estimate of drug-likeness (QED) is 0.782. The molecule has 0 radical (unpaired) electrons. The number of sulfonamides is 1. The van der Waals surface area contributed by atoms with E-state index < -0.39 is 21.9 Å². The van der Waals surface area contributed by atoms with Crippen LogP contribution in [0.25, 0.3) is 0 Å². The molecule has 2 N–H and O–H groups in total. The number of hydrogen-bond donors (Lipinski definition) is 2. The van der Waals surface area contributed by atoms with Crippen molar-refractivity contribution < 1.29 is 23.1 Å². The smallest absolute Gasteiger partial charge is 0.308 e. The lowest BCUT2D eigenvalue weighted by molar-refractivity contribution is -0.144. The van der Waals surface area contributed by atoms with Crippen LogP contribution in [0, 0.1) is 11.8 Å². The first kappa shape index (κ1) is 17.4. The SMILES string of the molecule is O=C(O)C(CNS(=O)(=O)c1ccc(C2CC2)cc1)C1CCOCC1. The highest BCUT2D eigenvalue weighted by Crippen LogP contribution is 2.40. The van der Waals surface area contributed by atoms with E-state index in [9.17, 15) is 18.3 Å². The Kier molecular flexibility index (Phi) is 5.22. The van der Waals surface area contributed by atoms with Gasteiger partial charge in [0, 0.05) is 19.8 Å². The average molecular weight is 353 g/mol. The summed E-state index contributed by atoms with van der Waals surface area (Å²) in [5.41, 5.74) is 1.17. The first-order chi connectivity index (χ1) is 11.5. The fraction of sp³-hybridized carbons (Fsp3) is 0.588. The maximum Gasteiger partial charge on any atom is 0.308 e. The highest BCUT2D eigenvalue weighted by Gasteiger charge is 2.31. The lowest BCUT2D eigenvalue weighted by Gasteiger charge is -2.27. The lowest BCUT2D eigenvalue weighted by Crippen LogP contribution is -2.38. The second-order valence-electron chi connectivity index (χ2n) is 6.59. The topological polar surface area (TPSA) is 92.7 Å². The molecule has 0 bridgehead atoms. The van der Waals surface area contributed by atoms with Crippen LogP contribution in [0.4, 0.5) is 0 Å². The molecule has 1 aromatic rings. The Morgan fingerprint density at radius 1 is 1.17 bits per heavy atom. The van der Waals surface area contributed by atoms with Gasteiger partial charge in [0.05, 0.1) is 10.8 Å². The van der Waals surface area contributed by atoms with Crippen molar-refractivity contribution in [1.82, 2.24) is 4.72 Å². The Morgan fingerprint density at radius 2 is 1.79 bits per heavy atom. The molecule has 1 atom stereocenters. The van der Waals surface area contributed by atoms with Gasteiger partial charge in [0.2, 0.25) is 10.0 Å². The molecule has 7 heteroatoms. The van der Waals surface area contributed by atoms with E-state index >= 15 is 0 Å². The molecule has 1 saturated heterocycles. The van der Waals surface area contributed by atoms with Gasteiger partial charge in [0.1, 0.15) is 0 Å². The van der Waals surface area contributed by atoms with Gasteiger partial charge < -0.3 is 9.84 Å². The van der Waals surface area contributed by atoms with E-state index in [4.69, 9.17) is 4.74 Å². The molecule has 2 fully saturated rings. The Hall–Kier alpha value is -1.44. The Morgan fingerprint density at radius 3 is 2.33 bits per heavy atom. The third-order valence-electron chi connectivity index (χ3n) is 4.88. The van der Waals surface area contributed by atoms with E-state index in [1.807, 2.05) is 12.1 Å². The molecular weight excluding hydrogens is 330 g/mol. The molecule has 0 aromatic heterocycles. The summed E-state index contributed by atoms with van der Waals surface area (Å²) in [5, 5.41) is 9.42. The molecule has 1 saturated carbocycles. The van der Waals surface area contributed by atoms with Gasteiger partial charge in [-0.15, -0.1) is 0 Å². The van der Waals surface area contributed by atoms with E-state index in [2.05, 4.69) is 4.72 Å². The fourth-order valence-electron chi connectivity index (χ4n) is 3.19. The zero-order valence-electron chi connectivity index (χ0n) is 13.5. The zero-order valence-corrected chi connectivity index (χ0v) is 14.3. The van der Waals surface area contributed by atoms with Crippen LogP contribution in [0.1, 0.15) is 37.2 Å². The van der Waals surface area contributed by atoms with Gasteiger partial charge in [-0.05, 0) is 55.2 Å². The highest BCUT2D eigenvalue weighted by atomic mass is 32.2. The van der Waals surface area contributed by atoms with Gasteiger partial charge in [-0.2, -0.15) is 0 Å². The first-order valence-corrected chi connectivity index (χ1v) is 9.86. The molecule has 0 amide bonds. The zero-order chi connectivity index (χ0) is 17.2. The summed E-state index contributed by atoms with van der Waals surface area (Å²) in [4.78, 5) is 11.7. The van der Waals surface area contributed by atoms with Gasteiger partial charge in [-0.3, -0.25) is 4.79 Å². The molecular formula is C17H23NO5S. The number of carboxylic acids is 1. The van der Waals surface area contributed by atoms with Crippen molar-refractivity contribution in [3.63, 3.8) is 0 Å². The number of carboxylic acid groups (broad SMARTS) is 1. The summed E-state index contributed by atoms with van der Waals surface area (Å²) in [6.07, 6.45) is 3.62. The minimum absolute atomic E-state index is 0.0591. The summed E-state index contributed by atoms with van der Waals surface area (Å²) in [6, 6.07) is 6.89. The second-order valence-corrected chi connectivity index (χ2v) is 8.36. The van der Waals surface area contributed by atoms with E-state index in [1.54, 1.807) is 12.1 Å². The van der Waals surface area contributed by atoms with E-state index in [1.165, 1.54) is 5.56 Å². The number of carbonyl (C=O) groups is 1. The predicted molar refractivity (Wildman–Crippen MR) is 88.3 cm³/mol. The van der Waals surface area contributed by atoms with Gasteiger partial charge in [0.25, 0.3) is 0 Å². The van der Waals surface area contributed by atoms with Gasteiger partial charge in [-0.1, -0.05) is 12.1 Å². The normalized spacial score (nSPS) is 20.7. The molecule has 3 rings (SSSR count). The van der Waals surface area contributed by atoms with Crippen LogP contribution < -0.4 is 4.72 Å². The van der Waals surface area contributed by atoms with Crippen molar-refractivity contribution in [1.29, 1.82) is 0 Å². The molecule has 132 valence electrons. The number of rotatable bonds is 7. The average Bonchev–Trinajstić information content (AvgIpc) is 3.41. The minimum Gasteiger partial charge on any atom is -0.481 e. The molecule has 1 unspecified atom stereocenters. The maximum absolute atomic E-state index is 12.4. The van der Waals surface area contributed by atoms with Gasteiger partial charge >= 0.3 is 5.97 Å². The predicted octanol–water partition coefficient (Wildman–Crippen LogP) is 1.97. The molecule has 1 heterocycles. The lowest BCUT2D eigenvalue weighted by atomic mass is 9.86. The third-order valence-corrected chi connectivity index (χ3v) is 6.32. The number of hydrogen-bond acceptors (Lipinski definition) is 4. The van der Waals surface area contributed by atoms with Crippen LogP contribution in [-0.4, -0.2) is 39.3 Å². The monoisotopic (exact) mass is 353 g/mol. The molecule has 1 aliphatic carbocycles. The third kappa shape index (κ3) is 4.15. The maximum atomic E-state index is 12.4. The van der Waals surface area contributed by atoms with Crippen molar-refractivity contribution in [2.24, 2.45) is 11.8 Å². The van der Waals surface area contributed by atoms with Crippen molar-refractivity contribution >= 4 is 16.0 Å². The Balaban J connectivity index is 1.64. The molecule has 6 nitrogen and oxygen atoms in total. The second kappa shape index (κ2) is 7.21. The largest absolute Gasteiger partial charge is 0.481 e. The summed E-state index contributed by atoms with van der Waals surface area (Å²) in [5.74, 6) is -1.18. The van der Waals surface area contributed by atoms with Crippen LogP contribution in [-0.2, 0) is 19.6 Å².